The molecular formula is C14H19NO3. The van der Waals surface area contributed by atoms with E-state index in [4.69, 9.17) is 9.84 Å². The van der Waals surface area contributed by atoms with Crippen LogP contribution in [0.15, 0.2) is 24.3 Å². The van der Waals surface area contributed by atoms with Crippen LogP contribution in [0, 0.1) is 5.41 Å². The SMILES string of the molecule is CC1(C)CC1NCCOc1ccccc1C(=O)O. The predicted molar refractivity (Wildman–Crippen MR) is 69.1 cm³/mol. The Hall–Kier alpha value is -1.55. The second-order valence-corrected chi connectivity index (χ2v) is 5.35. The molecule has 0 heterocycles. The van der Waals surface area contributed by atoms with Gasteiger partial charge in [-0.15, -0.1) is 0 Å². The molecule has 0 spiro atoms. The summed E-state index contributed by atoms with van der Waals surface area (Å²) in [6, 6.07) is 7.27. The van der Waals surface area contributed by atoms with Crippen molar-refractivity contribution >= 4 is 5.97 Å². The third-order valence-corrected chi connectivity index (χ3v) is 3.38. The molecule has 1 unspecified atom stereocenters. The van der Waals surface area contributed by atoms with Crippen molar-refractivity contribution in [1.82, 2.24) is 5.32 Å². The summed E-state index contributed by atoms with van der Waals surface area (Å²) >= 11 is 0. The summed E-state index contributed by atoms with van der Waals surface area (Å²) in [5.41, 5.74) is 0.614. The molecule has 1 aromatic rings. The highest BCUT2D eigenvalue weighted by Crippen LogP contribution is 2.44. The van der Waals surface area contributed by atoms with Gasteiger partial charge in [-0.05, 0) is 24.0 Å². The molecule has 0 amide bonds. The summed E-state index contributed by atoms with van der Waals surface area (Å²) in [6.45, 7) is 5.68. The summed E-state index contributed by atoms with van der Waals surface area (Å²) in [4.78, 5) is 11.0. The van der Waals surface area contributed by atoms with E-state index in [-0.39, 0.29) is 5.56 Å². The van der Waals surface area contributed by atoms with Crippen LogP contribution in [0.4, 0.5) is 0 Å². The Kier molecular flexibility index (Phi) is 3.57. The minimum absolute atomic E-state index is 0.212. The van der Waals surface area contributed by atoms with Crippen LogP contribution in [-0.2, 0) is 0 Å². The molecule has 1 aromatic carbocycles. The van der Waals surface area contributed by atoms with E-state index in [1.165, 1.54) is 6.42 Å². The fourth-order valence-electron chi connectivity index (χ4n) is 1.98. The van der Waals surface area contributed by atoms with Gasteiger partial charge in [0, 0.05) is 12.6 Å². The van der Waals surface area contributed by atoms with E-state index in [1.807, 2.05) is 0 Å². The largest absolute Gasteiger partial charge is 0.491 e. The molecule has 0 aromatic heterocycles. The highest BCUT2D eigenvalue weighted by molar-refractivity contribution is 5.90. The number of hydrogen-bond donors (Lipinski definition) is 2. The number of carboxylic acids is 1. The van der Waals surface area contributed by atoms with Crippen LogP contribution < -0.4 is 10.1 Å². The average Bonchev–Trinajstić information content (AvgIpc) is 2.93. The van der Waals surface area contributed by atoms with Gasteiger partial charge in [-0.25, -0.2) is 4.79 Å². The van der Waals surface area contributed by atoms with Crippen LogP contribution in [0.5, 0.6) is 5.75 Å². The zero-order valence-corrected chi connectivity index (χ0v) is 10.8. The van der Waals surface area contributed by atoms with Crippen LogP contribution in [-0.4, -0.2) is 30.3 Å². The molecule has 1 fully saturated rings. The number of ether oxygens (including phenoxy) is 1. The number of carboxylic acid groups (broad SMARTS) is 1. The van der Waals surface area contributed by atoms with Crippen molar-refractivity contribution in [3.63, 3.8) is 0 Å². The first-order chi connectivity index (χ1) is 8.50. The topological polar surface area (TPSA) is 58.6 Å². The first-order valence-corrected chi connectivity index (χ1v) is 6.19. The lowest BCUT2D eigenvalue weighted by Gasteiger charge is -2.10. The number of aromatic carboxylic acids is 1. The minimum atomic E-state index is -0.957. The Morgan fingerprint density at radius 3 is 2.78 bits per heavy atom. The van der Waals surface area contributed by atoms with Gasteiger partial charge in [0.05, 0.1) is 0 Å². The standard InChI is InChI=1S/C14H19NO3/c1-14(2)9-12(14)15-7-8-18-11-6-4-3-5-10(11)13(16)17/h3-6,12,15H,7-9H2,1-2H3,(H,16,17). The molecule has 2 rings (SSSR count). The van der Waals surface area contributed by atoms with E-state index in [2.05, 4.69) is 19.2 Å². The molecule has 0 saturated heterocycles. The maximum absolute atomic E-state index is 11.0. The molecule has 4 heteroatoms. The Labute approximate surface area is 107 Å². The Morgan fingerprint density at radius 1 is 1.50 bits per heavy atom. The van der Waals surface area contributed by atoms with Gasteiger partial charge in [-0.1, -0.05) is 26.0 Å². The van der Waals surface area contributed by atoms with Crippen molar-refractivity contribution < 1.29 is 14.6 Å². The van der Waals surface area contributed by atoms with Crippen molar-refractivity contribution in [2.75, 3.05) is 13.2 Å². The monoisotopic (exact) mass is 249 g/mol. The van der Waals surface area contributed by atoms with Gasteiger partial charge in [0.2, 0.25) is 0 Å². The van der Waals surface area contributed by atoms with E-state index in [1.54, 1.807) is 24.3 Å². The number of carbonyl (C=O) groups is 1. The zero-order chi connectivity index (χ0) is 13.2. The van der Waals surface area contributed by atoms with E-state index in [9.17, 15) is 4.79 Å². The highest BCUT2D eigenvalue weighted by Gasteiger charge is 2.44. The molecule has 0 aliphatic heterocycles. The predicted octanol–water partition coefficient (Wildman–Crippen LogP) is 2.15. The first-order valence-electron chi connectivity index (χ1n) is 6.19. The average molecular weight is 249 g/mol. The van der Waals surface area contributed by atoms with Gasteiger partial charge in [-0.2, -0.15) is 0 Å². The molecule has 4 nitrogen and oxygen atoms in total. The molecule has 18 heavy (non-hydrogen) atoms. The van der Waals surface area contributed by atoms with Gasteiger partial charge in [0.1, 0.15) is 17.9 Å². The summed E-state index contributed by atoms with van der Waals surface area (Å²) < 4.78 is 5.50. The Balaban J connectivity index is 1.78. The van der Waals surface area contributed by atoms with E-state index in [0.29, 0.717) is 23.8 Å². The van der Waals surface area contributed by atoms with E-state index >= 15 is 0 Å². The second-order valence-electron chi connectivity index (χ2n) is 5.35. The lowest BCUT2D eigenvalue weighted by atomic mass is 10.2. The molecule has 98 valence electrons. The number of para-hydroxylation sites is 1. The molecule has 1 aliphatic carbocycles. The van der Waals surface area contributed by atoms with Crippen molar-refractivity contribution in [3.05, 3.63) is 29.8 Å². The van der Waals surface area contributed by atoms with Crippen molar-refractivity contribution in [2.24, 2.45) is 5.41 Å². The lowest BCUT2D eigenvalue weighted by Crippen LogP contribution is -2.26. The Morgan fingerprint density at radius 2 is 2.17 bits per heavy atom. The normalized spacial score (nSPS) is 20.4. The maximum Gasteiger partial charge on any atom is 0.339 e. The van der Waals surface area contributed by atoms with E-state index < -0.39 is 5.97 Å². The van der Waals surface area contributed by atoms with E-state index in [0.717, 1.165) is 6.54 Å². The van der Waals surface area contributed by atoms with Gasteiger partial charge >= 0.3 is 5.97 Å². The molecule has 1 atom stereocenters. The van der Waals surface area contributed by atoms with Crippen LogP contribution >= 0.6 is 0 Å². The summed E-state index contributed by atoms with van der Waals surface area (Å²) in [6.07, 6.45) is 1.19. The van der Waals surface area contributed by atoms with Crippen LogP contribution in [0.25, 0.3) is 0 Å². The molecule has 1 aliphatic rings. The molecule has 1 saturated carbocycles. The van der Waals surface area contributed by atoms with Crippen LogP contribution in [0.2, 0.25) is 0 Å². The first kappa shape index (κ1) is 12.9. The number of nitrogens with one attached hydrogen (secondary N) is 1. The quantitative estimate of drug-likeness (QED) is 0.758. The second kappa shape index (κ2) is 4.98. The van der Waals surface area contributed by atoms with Gasteiger partial charge < -0.3 is 15.2 Å². The lowest BCUT2D eigenvalue weighted by molar-refractivity contribution is 0.0692. The summed E-state index contributed by atoms with van der Waals surface area (Å²) in [5.74, 6) is -0.524. The summed E-state index contributed by atoms with van der Waals surface area (Å²) in [5, 5.41) is 12.4. The van der Waals surface area contributed by atoms with Gasteiger partial charge in [0.25, 0.3) is 0 Å². The Bertz CT molecular complexity index is 442. The third kappa shape index (κ3) is 3.01. The van der Waals surface area contributed by atoms with Crippen LogP contribution in [0.1, 0.15) is 30.6 Å². The van der Waals surface area contributed by atoms with Crippen LogP contribution in [0.3, 0.4) is 0 Å². The van der Waals surface area contributed by atoms with Crippen molar-refractivity contribution in [2.45, 2.75) is 26.3 Å². The fourth-order valence-corrected chi connectivity index (χ4v) is 1.98. The van der Waals surface area contributed by atoms with Gasteiger partial charge in [-0.3, -0.25) is 0 Å². The summed E-state index contributed by atoms with van der Waals surface area (Å²) in [7, 11) is 0. The number of benzene rings is 1. The fraction of sp³-hybridized carbons (Fsp3) is 0.500. The third-order valence-electron chi connectivity index (χ3n) is 3.38. The highest BCUT2D eigenvalue weighted by atomic mass is 16.5. The molecule has 0 bridgehead atoms. The van der Waals surface area contributed by atoms with Gasteiger partial charge in [0.15, 0.2) is 0 Å². The minimum Gasteiger partial charge on any atom is -0.491 e. The number of hydrogen-bond acceptors (Lipinski definition) is 3. The molecule has 0 radical (unpaired) electrons. The molecular weight excluding hydrogens is 230 g/mol. The maximum atomic E-state index is 11.0. The molecule has 2 N–H and O–H groups in total. The van der Waals surface area contributed by atoms with Crippen molar-refractivity contribution in [3.8, 4) is 5.75 Å². The zero-order valence-electron chi connectivity index (χ0n) is 10.8. The number of rotatable bonds is 6. The smallest absolute Gasteiger partial charge is 0.339 e. The van der Waals surface area contributed by atoms with Crippen molar-refractivity contribution in [1.29, 1.82) is 0 Å².